The second-order valence-electron chi connectivity index (χ2n) is 5.77. The summed E-state index contributed by atoms with van der Waals surface area (Å²) in [5.41, 5.74) is 0. The van der Waals surface area contributed by atoms with E-state index in [1.165, 1.54) is 12.1 Å². The molecule has 2 rings (SSSR count). The van der Waals surface area contributed by atoms with E-state index >= 15 is 0 Å². The fourth-order valence-electron chi connectivity index (χ4n) is 2.57. The van der Waals surface area contributed by atoms with Gasteiger partial charge in [0.05, 0.1) is 13.2 Å². The summed E-state index contributed by atoms with van der Waals surface area (Å²) >= 11 is 0. The van der Waals surface area contributed by atoms with Crippen LogP contribution in [0.25, 0.3) is 0 Å². The average molecular weight is 341 g/mol. The molecule has 1 unspecified atom stereocenters. The molecule has 1 aliphatic heterocycles. The number of rotatable bonds is 7. The summed E-state index contributed by atoms with van der Waals surface area (Å²) in [7, 11) is 1.99. The minimum Gasteiger partial charge on any atom is -0.489 e. The molecule has 134 valence electrons. The number of halogens is 2. The lowest BCUT2D eigenvalue weighted by molar-refractivity contribution is 0.181. The molecule has 0 amide bonds. The van der Waals surface area contributed by atoms with Crippen molar-refractivity contribution in [3.8, 4) is 5.75 Å². The number of hydrogen-bond acceptors (Lipinski definition) is 3. The van der Waals surface area contributed by atoms with Crippen molar-refractivity contribution >= 4 is 5.96 Å². The monoisotopic (exact) mass is 341 g/mol. The van der Waals surface area contributed by atoms with Crippen LogP contribution >= 0.6 is 0 Å². The summed E-state index contributed by atoms with van der Waals surface area (Å²) in [5.74, 6) is 0.0121. The van der Waals surface area contributed by atoms with Gasteiger partial charge in [-0.15, -0.1) is 0 Å². The number of nitrogens with one attached hydrogen (secondary N) is 1. The Hall–Kier alpha value is -1.89. The maximum absolute atomic E-state index is 13.5. The first-order chi connectivity index (χ1) is 11.6. The highest BCUT2D eigenvalue weighted by Crippen LogP contribution is 2.17. The minimum atomic E-state index is -0.704. The van der Waals surface area contributed by atoms with Crippen molar-refractivity contribution in [2.24, 2.45) is 10.9 Å². The summed E-state index contributed by atoms with van der Waals surface area (Å²) in [5, 5.41) is 3.23. The first-order valence-corrected chi connectivity index (χ1v) is 8.25. The van der Waals surface area contributed by atoms with Gasteiger partial charge in [-0.1, -0.05) is 0 Å². The molecule has 0 radical (unpaired) electrons. The number of ether oxygens (including phenoxy) is 2. The van der Waals surface area contributed by atoms with Crippen LogP contribution in [0.1, 0.15) is 13.3 Å². The third-order valence-corrected chi connectivity index (χ3v) is 3.76. The third-order valence-electron chi connectivity index (χ3n) is 3.76. The molecule has 1 aromatic rings. The maximum atomic E-state index is 13.5. The van der Waals surface area contributed by atoms with Crippen molar-refractivity contribution in [2.75, 3.05) is 46.5 Å². The van der Waals surface area contributed by atoms with Crippen LogP contribution in [0, 0.1) is 17.6 Å². The zero-order valence-electron chi connectivity index (χ0n) is 14.2. The molecule has 0 saturated carbocycles. The normalized spacial score (nSPS) is 17.8. The molecule has 0 aromatic heterocycles. The van der Waals surface area contributed by atoms with Gasteiger partial charge in [0, 0.05) is 38.7 Å². The molecule has 1 fully saturated rings. The van der Waals surface area contributed by atoms with Gasteiger partial charge in [-0.05, 0) is 25.5 Å². The second-order valence-corrected chi connectivity index (χ2v) is 5.77. The van der Waals surface area contributed by atoms with Gasteiger partial charge < -0.3 is 19.7 Å². The van der Waals surface area contributed by atoms with E-state index in [-0.39, 0.29) is 12.4 Å². The van der Waals surface area contributed by atoms with Gasteiger partial charge >= 0.3 is 0 Å². The second kappa shape index (κ2) is 9.42. The maximum Gasteiger partial charge on any atom is 0.193 e. The van der Waals surface area contributed by atoms with Gasteiger partial charge in [-0.25, -0.2) is 13.8 Å². The Morgan fingerprint density at radius 1 is 1.46 bits per heavy atom. The molecule has 0 bridgehead atoms. The smallest absolute Gasteiger partial charge is 0.193 e. The van der Waals surface area contributed by atoms with E-state index < -0.39 is 11.6 Å². The Morgan fingerprint density at radius 3 is 2.96 bits per heavy atom. The van der Waals surface area contributed by atoms with Gasteiger partial charge in [-0.2, -0.15) is 0 Å². The standard InChI is InChI=1S/C17H25F2N3O2/c1-3-20-17(22(2)11-13-6-8-23-12-13)21-7-9-24-16-5-4-14(18)10-15(16)19/h4-5,10,13H,3,6-9,11-12H2,1-2H3,(H,20,21). The largest absolute Gasteiger partial charge is 0.489 e. The first-order valence-electron chi connectivity index (χ1n) is 8.25. The highest BCUT2D eigenvalue weighted by atomic mass is 19.1. The summed E-state index contributed by atoms with van der Waals surface area (Å²) in [4.78, 5) is 6.56. The van der Waals surface area contributed by atoms with E-state index in [4.69, 9.17) is 9.47 Å². The highest BCUT2D eigenvalue weighted by molar-refractivity contribution is 5.79. The fourth-order valence-corrected chi connectivity index (χ4v) is 2.57. The molecule has 1 aromatic carbocycles. The van der Waals surface area contributed by atoms with Crippen molar-refractivity contribution < 1.29 is 18.3 Å². The van der Waals surface area contributed by atoms with Crippen LogP contribution in [-0.4, -0.2) is 57.4 Å². The lowest BCUT2D eigenvalue weighted by atomic mass is 10.1. The highest BCUT2D eigenvalue weighted by Gasteiger charge is 2.19. The molecule has 24 heavy (non-hydrogen) atoms. The molecule has 0 aliphatic carbocycles. The molecule has 0 spiro atoms. The van der Waals surface area contributed by atoms with Crippen molar-refractivity contribution in [1.29, 1.82) is 0 Å². The van der Waals surface area contributed by atoms with Gasteiger partial charge in [0.1, 0.15) is 12.4 Å². The van der Waals surface area contributed by atoms with Crippen LogP contribution in [0.5, 0.6) is 5.75 Å². The first kappa shape index (κ1) is 18.4. The van der Waals surface area contributed by atoms with E-state index in [0.29, 0.717) is 12.5 Å². The number of guanidine groups is 1. The van der Waals surface area contributed by atoms with E-state index in [0.717, 1.165) is 44.8 Å². The molecule has 1 heterocycles. The van der Waals surface area contributed by atoms with Crippen molar-refractivity contribution in [1.82, 2.24) is 10.2 Å². The molecule has 7 heteroatoms. The predicted molar refractivity (Wildman–Crippen MR) is 89.4 cm³/mol. The Kier molecular flexibility index (Phi) is 7.24. The van der Waals surface area contributed by atoms with Gasteiger partial charge in [0.25, 0.3) is 0 Å². The van der Waals surface area contributed by atoms with Crippen LogP contribution < -0.4 is 10.1 Å². The van der Waals surface area contributed by atoms with E-state index in [2.05, 4.69) is 15.2 Å². The topological polar surface area (TPSA) is 46.1 Å². The average Bonchev–Trinajstić information content (AvgIpc) is 3.05. The van der Waals surface area contributed by atoms with Crippen LogP contribution in [0.2, 0.25) is 0 Å². The Morgan fingerprint density at radius 2 is 2.29 bits per heavy atom. The molecule has 1 atom stereocenters. The van der Waals surface area contributed by atoms with E-state index in [1.54, 1.807) is 0 Å². The molecule has 1 saturated heterocycles. The SMILES string of the molecule is CCNC(=NCCOc1ccc(F)cc1F)N(C)CC1CCOC1. The third kappa shape index (κ3) is 5.63. The summed E-state index contributed by atoms with van der Waals surface area (Å²) in [6, 6.07) is 3.26. The van der Waals surface area contributed by atoms with Crippen LogP contribution in [0.4, 0.5) is 8.78 Å². The number of nitrogens with zero attached hydrogens (tertiary/aromatic N) is 2. The Labute approximate surface area is 141 Å². The van der Waals surface area contributed by atoms with Gasteiger partial charge in [0.15, 0.2) is 17.5 Å². The fraction of sp³-hybridized carbons (Fsp3) is 0.588. The van der Waals surface area contributed by atoms with Crippen LogP contribution in [0.3, 0.4) is 0 Å². The molecule has 1 N–H and O–H groups in total. The quantitative estimate of drug-likeness (QED) is 0.470. The van der Waals surface area contributed by atoms with Crippen LogP contribution in [-0.2, 0) is 4.74 Å². The number of benzene rings is 1. The van der Waals surface area contributed by atoms with Gasteiger partial charge in [-0.3, -0.25) is 0 Å². The van der Waals surface area contributed by atoms with Crippen LogP contribution in [0.15, 0.2) is 23.2 Å². The molecule has 1 aliphatic rings. The number of hydrogen-bond donors (Lipinski definition) is 1. The Balaban J connectivity index is 1.83. The molecular formula is C17H25F2N3O2. The number of aliphatic imine (C=N–C) groups is 1. The zero-order valence-corrected chi connectivity index (χ0v) is 14.2. The lowest BCUT2D eigenvalue weighted by Crippen LogP contribution is -2.41. The lowest BCUT2D eigenvalue weighted by Gasteiger charge is -2.24. The summed E-state index contributed by atoms with van der Waals surface area (Å²) < 4.78 is 37.0. The molecule has 5 nitrogen and oxygen atoms in total. The van der Waals surface area contributed by atoms with Crippen molar-refractivity contribution in [3.63, 3.8) is 0 Å². The van der Waals surface area contributed by atoms with E-state index in [9.17, 15) is 8.78 Å². The predicted octanol–water partition coefficient (Wildman–Crippen LogP) is 2.28. The van der Waals surface area contributed by atoms with E-state index in [1.807, 2.05) is 14.0 Å². The van der Waals surface area contributed by atoms with Gasteiger partial charge in [0.2, 0.25) is 0 Å². The van der Waals surface area contributed by atoms with Crippen molar-refractivity contribution in [2.45, 2.75) is 13.3 Å². The zero-order chi connectivity index (χ0) is 17.4. The Bertz CT molecular complexity index is 549. The summed E-state index contributed by atoms with van der Waals surface area (Å²) in [6.45, 7) is 5.85. The summed E-state index contributed by atoms with van der Waals surface area (Å²) in [6.07, 6.45) is 1.07. The van der Waals surface area contributed by atoms with Crippen molar-refractivity contribution in [3.05, 3.63) is 29.8 Å². The minimum absolute atomic E-state index is 0.0352. The molecular weight excluding hydrogens is 316 g/mol.